The number of amides is 3. The van der Waals surface area contributed by atoms with Gasteiger partial charge < -0.3 is 24.5 Å². The highest BCUT2D eigenvalue weighted by molar-refractivity contribution is 5.95. The van der Waals surface area contributed by atoms with Crippen LogP contribution in [0.5, 0.6) is 0 Å². The highest BCUT2D eigenvalue weighted by Gasteiger charge is 2.56. The van der Waals surface area contributed by atoms with Crippen molar-refractivity contribution in [1.29, 1.82) is 0 Å². The molecule has 244 valence electrons. The van der Waals surface area contributed by atoms with Crippen LogP contribution in [-0.2, 0) is 10.3 Å². The van der Waals surface area contributed by atoms with Gasteiger partial charge in [-0.05, 0) is 85.4 Å². The van der Waals surface area contributed by atoms with Gasteiger partial charge in [-0.1, -0.05) is 30.3 Å². The number of piperazine rings is 1. The molecule has 0 radical (unpaired) electrons. The standard InChI is InChI=1S/C34H49N7O4/c1-31(2,3)45-30(43)39-20-18-38(19-21-39)28-35-22-27(23-36-28)40-24-32(41(29(40)42)25-33(44)12-9-13-33)14-16-34(17-15-32,37(4)5)26-10-7-6-8-11-26/h6-8,10-11,22-23,44H,9,12-21,24-25H2,1-5H3. The van der Waals surface area contributed by atoms with E-state index in [-0.39, 0.29) is 23.2 Å². The lowest BCUT2D eigenvalue weighted by Crippen LogP contribution is -2.59. The Hall–Kier alpha value is -3.44. The maximum Gasteiger partial charge on any atom is 0.410 e. The van der Waals surface area contributed by atoms with E-state index in [0.29, 0.717) is 50.9 Å². The molecular weight excluding hydrogens is 570 g/mol. The minimum absolute atomic E-state index is 0.0743. The van der Waals surface area contributed by atoms with Crippen molar-refractivity contribution in [2.75, 3.05) is 63.2 Å². The number of hydrogen-bond acceptors (Lipinski definition) is 8. The number of carbonyl (C=O) groups is 2. The first-order chi connectivity index (χ1) is 21.3. The Kier molecular flexibility index (Phi) is 8.22. The van der Waals surface area contributed by atoms with E-state index in [4.69, 9.17) is 4.74 Å². The van der Waals surface area contributed by atoms with Gasteiger partial charge in [-0.15, -0.1) is 0 Å². The van der Waals surface area contributed by atoms with Crippen LogP contribution in [0.4, 0.5) is 21.2 Å². The molecule has 1 spiro atoms. The average Bonchev–Trinajstić information content (AvgIpc) is 3.26. The van der Waals surface area contributed by atoms with E-state index in [0.717, 1.165) is 44.9 Å². The second kappa shape index (κ2) is 11.7. The van der Waals surface area contributed by atoms with E-state index in [1.165, 1.54) is 5.56 Å². The van der Waals surface area contributed by atoms with Crippen LogP contribution in [0.3, 0.4) is 0 Å². The number of anilines is 2. The molecule has 1 aromatic carbocycles. The highest BCUT2D eigenvalue weighted by atomic mass is 16.6. The molecule has 4 fully saturated rings. The molecule has 2 saturated heterocycles. The van der Waals surface area contributed by atoms with Crippen LogP contribution in [0.2, 0.25) is 0 Å². The summed E-state index contributed by atoms with van der Waals surface area (Å²) in [5, 5.41) is 11.2. The van der Waals surface area contributed by atoms with Gasteiger partial charge in [-0.3, -0.25) is 9.80 Å². The number of aliphatic hydroxyl groups is 1. The number of hydrogen-bond donors (Lipinski definition) is 1. The van der Waals surface area contributed by atoms with Crippen LogP contribution >= 0.6 is 0 Å². The Morgan fingerprint density at radius 2 is 1.58 bits per heavy atom. The second-order valence-electron chi connectivity index (χ2n) is 14.7. The van der Waals surface area contributed by atoms with Crippen LogP contribution in [0, 0.1) is 0 Å². The van der Waals surface area contributed by atoms with E-state index < -0.39 is 11.2 Å². The first-order valence-corrected chi connectivity index (χ1v) is 16.4. The van der Waals surface area contributed by atoms with Crippen molar-refractivity contribution in [3.05, 3.63) is 48.3 Å². The molecule has 4 aliphatic rings. The van der Waals surface area contributed by atoms with E-state index in [1.807, 2.05) is 30.6 Å². The third kappa shape index (κ3) is 6.08. The van der Waals surface area contributed by atoms with Gasteiger partial charge >= 0.3 is 12.1 Å². The number of β-amino-alcohol motifs (C(OH)–C–C–N with tert-alkyl or cyclic N) is 1. The maximum absolute atomic E-state index is 14.2. The molecule has 11 heteroatoms. The monoisotopic (exact) mass is 619 g/mol. The Bertz CT molecular complexity index is 1360. The van der Waals surface area contributed by atoms with Crippen molar-refractivity contribution >= 4 is 23.8 Å². The van der Waals surface area contributed by atoms with E-state index in [1.54, 1.807) is 17.3 Å². The molecule has 2 saturated carbocycles. The second-order valence-corrected chi connectivity index (χ2v) is 14.7. The lowest BCUT2D eigenvalue weighted by Gasteiger charge is -2.52. The van der Waals surface area contributed by atoms with E-state index in [9.17, 15) is 14.7 Å². The molecule has 3 heterocycles. The fraction of sp³-hybridized carbons (Fsp3) is 0.647. The lowest BCUT2D eigenvalue weighted by atomic mass is 9.67. The minimum Gasteiger partial charge on any atom is -0.444 e. The SMILES string of the molecule is CN(C)C1(c2ccccc2)CCC2(CC1)CN(c1cnc(N3CCN(C(=O)OC(C)(C)C)CC3)nc1)C(=O)N2CC1(O)CCC1. The summed E-state index contributed by atoms with van der Waals surface area (Å²) in [6.07, 6.45) is 9.18. The van der Waals surface area contributed by atoms with Gasteiger partial charge in [0.2, 0.25) is 5.95 Å². The number of carbonyl (C=O) groups excluding carboxylic acids is 2. The van der Waals surface area contributed by atoms with Crippen LogP contribution in [0.15, 0.2) is 42.7 Å². The van der Waals surface area contributed by atoms with Gasteiger partial charge in [0.1, 0.15) is 5.60 Å². The summed E-state index contributed by atoms with van der Waals surface area (Å²) >= 11 is 0. The number of ether oxygens (including phenoxy) is 1. The highest BCUT2D eigenvalue weighted by Crippen LogP contribution is 2.50. The predicted octanol–water partition coefficient (Wildman–Crippen LogP) is 4.46. The van der Waals surface area contributed by atoms with Gasteiger partial charge in [-0.2, -0.15) is 0 Å². The van der Waals surface area contributed by atoms with Gasteiger partial charge in [0.15, 0.2) is 0 Å². The molecule has 11 nitrogen and oxygen atoms in total. The van der Waals surface area contributed by atoms with Crippen LogP contribution < -0.4 is 9.80 Å². The molecule has 3 amide bonds. The van der Waals surface area contributed by atoms with Crippen molar-refractivity contribution < 1.29 is 19.4 Å². The summed E-state index contributed by atoms with van der Waals surface area (Å²) in [6, 6.07) is 10.6. The van der Waals surface area contributed by atoms with E-state index >= 15 is 0 Å². The molecule has 6 rings (SSSR count). The molecule has 45 heavy (non-hydrogen) atoms. The average molecular weight is 620 g/mol. The van der Waals surface area contributed by atoms with Gasteiger partial charge in [-0.25, -0.2) is 19.6 Å². The lowest BCUT2D eigenvalue weighted by molar-refractivity contribution is -0.0725. The fourth-order valence-corrected chi connectivity index (χ4v) is 7.60. The molecule has 0 unspecified atom stereocenters. The number of benzene rings is 1. The molecule has 2 aliphatic heterocycles. The number of aromatic nitrogens is 2. The fourth-order valence-electron chi connectivity index (χ4n) is 7.60. The third-order valence-corrected chi connectivity index (χ3v) is 10.5. The third-order valence-electron chi connectivity index (χ3n) is 10.5. The van der Waals surface area contributed by atoms with Gasteiger partial charge in [0, 0.05) is 31.7 Å². The molecule has 0 atom stereocenters. The molecule has 1 aromatic heterocycles. The first-order valence-electron chi connectivity index (χ1n) is 16.4. The minimum atomic E-state index is -0.810. The van der Waals surface area contributed by atoms with Crippen molar-refractivity contribution in [2.24, 2.45) is 0 Å². The smallest absolute Gasteiger partial charge is 0.410 e. The molecule has 2 aliphatic carbocycles. The summed E-state index contributed by atoms with van der Waals surface area (Å²) in [4.78, 5) is 45.9. The van der Waals surface area contributed by atoms with Crippen molar-refractivity contribution in [3.8, 4) is 0 Å². The zero-order valence-corrected chi connectivity index (χ0v) is 27.5. The Morgan fingerprint density at radius 1 is 0.956 bits per heavy atom. The van der Waals surface area contributed by atoms with Crippen molar-refractivity contribution in [1.82, 2.24) is 24.7 Å². The zero-order valence-electron chi connectivity index (χ0n) is 27.5. The van der Waals surface area contributed by atoms with E-state index in [2.05, 4.69) is 64.2 Å². The van der Waals surface area contributed by atoms with Gasteiger partial charge in [0.25, 0.3) is 0 Å². The first kappa shape index (κ1) is 31.5. The molecule has 0 bridgehead atoms. The predicted molar refractivity (Wildman–Crippen MR) is 173 cm³/mol. The van der Waals surface area contributed by atoms with Crippen molar-refractivity contribution in [2.45, 2.75) is 88.0 Å². The number of rotatable bonds is 6. The Balaban J connectivity index is 1.18. The number of urea groups is 1. The van der Waals surface area contributed by atoms with Gasteiger partial charge in [0.05, 0.1) is 42.3 Å². The molecule has 2 aromatic rings. The van der Waals surface area contributed by atoms with Crippen molar-refractivity contribution in [3.63, 3.8) is 0 Å². The zero-order chi connectivity index (χ0) is 32.0. The molecular formula is C34H49N7O4. The topological polar surface area (TPSA) is 106 Å². The summed E-state index contributed by atoms with van der Waals surface area (Å²) in [7, 11) is 4.31. The number of nitrogens with zero attached hydrogens (tertiary/aromatic N) is 7. The normalized spacial score (nSPS) is 26.9. The molecule has 1 N–H and O–H groups in total. The summed E-state index contributed by atoms with van der Waals surface area (Å²) < 4.78 is 5.52. The Labute approximate surface area is 267 Å². The summed E-state index contributed by atoms with van der Waals surface area (Å²) in [6.45, 7) is 8.79. The van der Waals surface area contributed by atoms with Crippen LogP contribution in [-0.4, -0.2) is 112 Å². The van der Waals surface area contributed by atoms with Crippen LogP contribution in [0.25, 0.3) is 0 Å². The Morgan fingerprint density at radius 3 is 2.11 bits per heavy atom. The van der Waals surface area contributed by atoms with Crippen LogP contribution in [0.1, 0.15) is 71.3 Å². The summed E-state index contributed by atoms with van der Waals surface area (Å²) in [5.74, 6) is 0.584. The quantitative estimate of drug-likeness (QED) is 0.506. The summed E-state index contributed by atoms with van der Waals surface area (Å²) in [5.41, 5.74) is 0.181. The maximum atomic E-state index is 14.2. The largest absolute Gasteiger partial charge is 0.444 e.